The van der Waals surface area contributed by atoms with E-state index in [-0.39, 0.29) is 0 Å². The van der Waals surface area contributed by atoms with Crippen LogP contribution in [0.5, 0.6) is 11.5 Å². The zero-order chi connectivity index (χ0) is 19.9. The summed E-state index contributed by atoms with van der Waals surface area (Å²) < 4.78 is 19.1. The van der Waals surface area contributed by atoms with Gasteiger partial charge in [-0.3, -0.25) is 4.40 Å². The first-order valence-corrected chi connectivity index (χ1v) is 9.48. The quantitative estimate of drug-likeness (QED) is 0.357. The fourth-order valence-corrected chi connectivity index (χ4v) is 3.48. The number of ether oxygens (including phenoxy) is 1. The molecule has 0 aliphatic carbocycles. The van der Waals surface area contributed by atoms with E-state index in [1.54, 1.807) is 12.3 Å². The zero-order valence-corrected chi connectivity index (χ0v) is 15.7. The summed E-state index contributed by atoms with van der Waals surface area (Å²) in [6.07, 6.45) is 5.42. The maximum atomic E-state index is 6.12. The molecule has 0 atom stereocenters. The molecule has 0 unspecified atom stereocenters. The lowest BCUT2D eigenvalue weighted by molar-refractivity contribution is 0.477. The molecule has 30 heavy (non-hydrogen) atoms. The monoisotopic (exact) mass is 393 g/mol. The number of furan rings is 1. The average molecular weight is 393 g/mol. The number of nitrogens with zero attached hydrogens (tertiary/aromatic N) is 3. The minimum Gasteiger partial charge on any atom is -0.457 e. The van der Waals surface area contributed by atoms with Crippen LogP contribution in [-0.2, 0) is 0 Å². The molecule has 4 heterocycles. The molecule has 0 aliphatic heterocycles. The SMILES string of the molecule is c1cc(Oc2cccc(-c3ncc4ccccn34)c2)cc(-c2nc3ccoc3o2)c1. The normalized spacial score (nSPS) is 11.3. The van der Waals surface area contributed by atoms with Crippen LogP contribution in [0.1, 0.15) is 0 Å². The van der Waals surface area contributed by atoms with Gasteiger partial charge < -0.3 is 13.6 Å². The second-order valence-corrected chi connectivity index (χ2v) is 6.85. The van der Waals surface area contributed by atoms with Crippen molar-refractivity contribution in [1.29, 1.82) is 0 Å². The van der Waals surface area contributed by atoms with Crippen molar-refractivity contribution in [3.8, 4) is 34.3 Å². The van der Waals surface area contributed by atoms with E-state index < -0.39 is 0 Å². The molecule has 6 aromatic rings. The topological polar surface area (TPSA) is 65.7 Å². The highest BCUT2D eigenvalue weighted by molar-refractivity contribution is 5.71. The first-order chi connectivity index (χ1) is 14.8. The minimum absolute atomic E-state index is 0.413. The zero-order valence-electron chi connectivity index (χ0n) is 15.7. The first-order valence-electron chi connectivity index (χ1n) is 9.48. The van der Waals surface area contributed by atoms with Crippen LogP contribution in [0.15, 0.2) is 100 Å². The van der Waals surface area contributed by atoms with E-state index in [4.69, 9.17) is 13.6 Å². The third-order valence-electron chi connectivity index (χ3n) is 4.87. The van der Waals surface area contributed by atoms with Gasteiger partial charge in [0.05, 0.1) is 18.0 Å². The Morgan fingerprint density at radius 3 is 2.53 bits per heavy atom. The molecular weight excluding hydrogens is 378 g/mol. The van der Waals surface area contributed by atoms with Gasteiger partial charge >= 0.3 is 5.78 Å². The predicted octanol–water partition coefficient (Wildman–Crippen LogP) is 6.19. The Morgan fingerprint density at radius 1 is 0.833 bits per heavy atom. The molecular formula is C24H15N3O3. The van der Waals surface area contributed by atoms with E-state index in [0.29, 0.717) is 22.9 Å². The summed E-state index contributed by atoms with van der Waals surface area (Å²) in [7, 11) is 0. The number of benzene rings is 2. The summed E-state index contributed by atoms with van der Waals surface area (Å²) in [5.41, 5.74) is 3.52. The van der Waals surface area contributed by atoms with E-state index in [1.807, 2.05) is 79.1 Å². The average Bonchev–Trinajstić information content (AvgIpc) is 3.49. The lowest BCUT2D eigenvalue weighted by atomic mass is 10.2. The van der Waals surface area contributed by atoms with E-state index in [1.165, 1.54) is 0 Å². The lowest BCUT2D eigenvalue weighted by Gasteiger charge is -2.08. The number of aromatic nitrogens is 3. The summed E-state index contributed by atoms with van der Waals surface area (Å²) in [6, 6.07) is 23.3. The van der Waals surface area contributed by atoms with Crippen molar-refractivity contribution in [3.05, 3.63) is 91.5 Å². The summed E-state index contributed by atoms with van der Waals surface area (Å²) in [5.74, 6) is 3.18. The fraction of sp³-hybridized carbons (Fsp3) is 0. The van der Waals surface area contributed by atoms with E-state index in [9.17, 15) is 0 Å². The van der Waals surface area contributed by atoms with Crippen molar-refractivity contribution >= 4 is 16.8 Å². The molecule has 144 valence electrons. The second kappa shape index (κ2) is 6.63. The molecule has 4 aromatic heterocycles. The van der Waals surface area contributed by atoms with Gasteiger partial charge in [0.25, 0.3) is 0 Å². The number of fused-ring (bicyclic) bond motifs is 2. The van der Waals surface area contributed by atoms with Crippen LogP contribution in [0.2, 0.25) is 0 Å². The van der Waals surface area contributed by atoms with Crippen LogP contribution < -0.4 is 4.74 Å². The molecule has 2 aromatic carbocycles. The van der Waals surface area contributed by atoms with E-state index >= 15 is 0 Å². The maximum absolute atomic E-state index is 6.12. The molecule has 0 N–H and O–H groups in total. The number of hydrogen-bond acceptors (Lipinski definition) is 5. The second-order valence-electron chi connectivity index (χ2n) is 6.85. The van der Waals surface area contributed by atoms with Crippen LogP contribution in [0.4, 0.5) is 0 Å². The standard InChI is InChI=1S/C24H15N3O3/c1-2-11-27-18(7-1)15-25-22(27)16-5-3-8-19(13-16)29-20-9-4-6-17(14-20)23-26-21-10-12-28-24(21)30-23/h1-15H. The van der Waals surface area contributed by atoms with E-state index in [2.05, 4.69) is 14.4 Å². The maximum Gasteiger partial charge on any atom is 0.318 e. The Bertz CT molecular complexity index is 1460. The van der Waals surface area contributed by atoms with Gasteiger partial charge in [-0.25, -0.2) is 9.97 Å². The number of oxazole rings is 1. The Labute approximate surface area is 171 Å². The van der Waals surface area contributed by atoms with Gasteiger partial charge in [0.1, 0.15) is 17.3 Å². The van der Waals surface area contributed by atoms with Crippen LogP contribution in [0.3, 0.4) is 0 Å². The van der Waals surface area contributed by atoms with E-state index in [0.717, 1.165) is 28.2 Å². The molecule has 0 fully saturated rings. The van der Waals surface area contributed by atoms with Gasteiger partial charge in [-0.2, -0.15) is 0 Å². The molecule has 0 aliphatic rings. The van der Waals surface area contributed by atoms with Gasteiger partial charge in [-0.05, 0) is 42.5 Å². The summed E-state index contributed by atoms with van der Waals surface area (Å²) in [5, 5.41) is 0. The van der Waals surface area contributed by atoms with Crippen molar-refractivity contribution in [1.82, 2.24) is 14.4 Å². The number of rotatable bonds is 4. The largest absolute Gasteiger partial charge is 0.457 e. The van der Waals surface area contributed by atoms with Gasteiger partial charge in [-0.15, -0.1) is 0 Å². The van der Waals surface area contributed by atoms with Crippen molar-refractivity contribution in [2.24, 2.45) is 0 Å². The minimum atomic E-state index is 0.413. The highest BCUT2D eigenvalue weighted by Crippen LogP contribution is 2.31. The summed E-state index contributed by atoms with van der Waals surface area (Å²) in [4.78, 5) is 9.00. The molecule has 0 spiro atoms. The van der Waals surface area contributed by atoms with Crippen molar-refractivity contribution in [3.63, 3.8) is 0 Å². The molecule has 0 amide bonds. The first kappa shape index (κ1) is 16.6. The molecule has 0 bridgehead atoms. The molecule has 6 heteroatoms. The van der Waals surface area contributed by atoms with Crippen LogP contribution in [-0.4, -0.2) is 14.4 Å². The molecule has 6 rings (SSSR count). The smallest absolute Gasteiger partial charge is 0.318 e. The lowest BCUT2D eigenvalue weighted by Crippen LogP contribution is -1.90. The molecule has 0 radical (unpaired) electrons. The third kappa shape index (κ3) is 2.82. The number of hydrogen-bond donors (Lipinski definition) is 0. The Kier molecular flexibility index (Phi) is 3.67. The Hall–Kier alpha value is -4.32. The number of imidazole rings is 1. The van der Waals surface area contributed by atoms with Crippen LogP contribution in [0.25, 0.3) is 39.7 Å². The van der Waals surface area contributed by atoms with Gasteiger partial charge in [0.2, 0.25) is 5.89 Å². The van der Waals surface area contributed by atoms with Gasteiger partial charge in [0.15, 0.2) is 5.52 Å². The third-order valence-corrected chi connectivity index (χ3v) is 4.87. The highest BCUT2D eigenvalue weighted by atomic mass is 16.5. The fourth-order valence-electron chi connectivity index (χ4n) is 3.48. The number of pyridine rings is 1. The van der Waals surface area contributed by atoms with Crippen molar-refractivity contribution in [2.75, 3.05) is 0 Å². The Morgan fingerprint density at radius 2 is 1.67 bits per heavy atom. The van der Waals surface area contributed by atoms with Crippen LogP contribution in [0, 0.1) is 0 Å². The van der Waals surface area contributed by atoms with Crippen LogP contribution >= 0.6 is 0 Å². The van der Waals surface area contributed by atoms with Gasteiger partial charge in [-0.1, -0.05) is 24.3 Å². The summed E-state index contributed by atoms with van der Waals surface area (Å²) in [6.45, 7) is 0. The molecule has 0 saturated carbocycles. The highest BCUT2D eigenvalue weighted by Gasteiger charge is 2.12. The van der Waals surface area contributed by atoms with Crippen molar-refractivity contribution in [2.45, 2.75) is 0 Å². The predicted molar refractivity (Wildman–Crippen MR) is 112 cm³/mol. The van der Waals surface area contributed by atoms with Gasteiger partial charge in [0, 0.05) is 23.4 Å². The molecule has 0 saturated heterocycles. The molecule has 6 nitrogen and oxygen atoms in total. The van der Waals surface area contributed by atoms with Crippen molar-refractivity contribution < 1.29 is 13.6 Å². The Balaban J connectivity index is 1.32. The summed E-state index contributed by atoms with van der Waals surface area (Å²) >= 11 is 0.